The maximum absolute atomic E-state index is 13.2. The molecule has 0 unspecified atom stereocenters. The second-order valence-electron chi connectivity index (χ2n) is 7.01. The van der Waals surface area contributed by atoms with E-state index in [1.165, 1.54) is 6.07 Å². The van der Waals surface area contributed by atoms with Gasteiger partial charge in [0.05, 0.1) is 11.5 Å². The number of likely N-dealkylation sites (tertiary alicyclic amines) is 1. The van der Waals surface area contributed by atoms with E-state index in [-0.39, 0.29) is 18.9 Å². The fraction of sp³-hybridized carbons (Fsp3) is 0.500. The van der Waals surface area contributed by atoms with Crippen LogP contribution in [0.25, 0.3) is 0 Å². The first-order chi connectivity index (χ1) is 12.7. The van der Waals surface area contributed by atoms with E-state index in [9.17, 15) is 32.7 Å². The van der Waals surface area contributed by atoms with E-state index in [1.807, 2.05) is 0 Å². The zero-order chi connectivity index (χ0) is 19.8. The first kappa shape index (κ1) is 19.2. The van der Waals surface area contributed by atoms with Crippen molar-refractivity contribution < 1.29 is 32.7 Å². The molecule has 2 aliphatic rings. The normalized spacial score (nSPS) is 21.2. The van der Waals surface area contributed by atoms with Gasteiger partial charge in [-0.2, -0.15) is 13.2 Å². The molecule has 1 heterocycles. The molecule has 3 rings (SSSR count). The molecular weight excluding hydrogens is 365 g/mol. The van der Waals surface area contributed by atoms with Crippen molar-refractivity contribution in [3.05, 3.63) is 35.4 Å². The molecule has 1 saturated heterocycles. The van der Waals surface area contributed by atoms with Gasteiger partial charge in [-0.15, -0.1) is 0 Å². The SMILES string of the molecule is O=C(N[C@H](C(=O)O)c1ccccc1C(F)(F)F)[C@@H]1CC(=O)N(CC2CC2)C1. The van der Waals surface area contributed by atoms with E-state index in [1.54, 1.807) is 4.90 Å². The molecule has 2 atom stereocenters. The molecule has 1 aliphatic heterocycles. The standard InChI is InChI=1S/C18H19F3N2O4/c19-18(20,21)13-4-2-1-3-12(13)15(17(26)27)22-16(25)11-7-14(24)23(9-11)8-10-5-6-10/h1-4,10-11,15H,5-9H2,(H,22,25)(H,26,27)/t11-,15+/m1/s1. The molecule has 2 fully saturated rings. The first-order valence-corrected chi connectivity index (χ1v) is 8.64. The van der Waals surface area contributed by atoms with Crippen molar-refractivity contribution in [1.82, 2.24) is 10.2 Å². The lowest BCUT2D eigenvalue weighted by molar-refractivity contribution is -0.144. The third-order valence-corrected chi connectivity index (χ3v) is 4.87. The number of carboxylic acid groups (broad SMARTS) is 1. The monoisotopic (exact) mass is 384 g/mol. The highest BCUT2D eigenvalue weighted by Gasteiger charge is 2.40. The number of aliphatic carboxylic acids is 1. The number of carboxylic acids is 1. The fourth-order valence-electron chi connectivity index (χ4n) is 3.28. The molecule has 0 bridgehead atoms. The predicted octanol–water partition coefficient (Wildman–Crippen LogP) is 2.21. The molecule has 6 nitrogen and oxygen atoms in total. The van der Waals surface area contributed by atoms with E-state index >= 15 is 0 Å². The lowest BCUT2D eigenvalue weighted by Gasteiger charge is -2.21. The Kier molecular flexibility index (Phi) is 5.12. The molecule has 0 aromatic heterocycles. The molecule has 1 saturated carbocycles. The summed E-state index contributed by atoms with van der Waals surface area (Å²) in [7, 11) is 0. The van der Waals surface area contributed by atoms with Gasteiger partial charge in [0.25, 0.3) is 0 Å². The average molecular weight is 384 g/mol. The summed E-state index contributed by atoms with van der Waals surface area (Å²) in [5.74, 6) is -2.84. The predicted molar refractivity (Wildman–Crippen MR) is 87.4 cm³/mol. The van der Waals surface area contributed by atoms with Gasteiger partial charge in [-0.05, 0) is 30.4 Å². The Bertz CT molecular complexity index is 761. The molecule has 27 heavy (non-hydrogen) atoms. The maximum atomic E-state index is 13.2. The van der Waals surface area contributed by atoms with Crippen LogP contribution >= 0.6 is 0 Å². The van der Waals surface area contributed by atoms with Crippen molar-refractivity contribution in [1.29, 1.82) is 0 Å². The molecule has 2 N–H and O–H groups in total. The van der Waals surface area contributed by atoms with Gasteiger partial charge < -0.3 is 15.3 Å². The number of nitrogens with zero attached hydrogens (tertiary/aromatic N) is 1. The van der Waals surface area contributed by atoms with Gasteiger partial charge >= 0.3 is 12.1 Å². The van der Waals surface area contributed by atoms with Gasteiger partial charge in [0.2, 0.25) is 11.8 Å². The van der Waals surface area contributed by atoms with E-state index in [0.29, 0.717) is 12.5 Å². The smallest absolute Gasteiger partial charge is 0.416 e. The van der Waals surface area contributed by atoms with E-state index in [0.717, 1.165) is 31.0 Å². The van der Waals surface area contributed by atoms with Crippen molar-refractivity contribution in [2.45, 2.75) is 31.5 Å². The highest BCUT2D eigenvalue weighted by atomic mass is 19.4. The van der Waals surface area contributed by atoms with Gasteiger partial charge in [-0.25, -0.2) is 4.79 Å². The summed E-state index contributed by atoms with van der Waals surface area (Å²) in [6.45, 7) is 0.732. The van der Waals surface area contributed by atoms with Crippen molar-refractivity contribution in [2.24, 2.45) is 11.8 Å². The summed E-state index contributed by atoms with van der Waals surface area (Å²) < 4.78 is 39.6. The number of carbonyl (C=O) groups is 3. The Balaban J connectivity index is 1.75. The van der Waals surface area contributed by atoms with Crippen molar-refractivity contribution in [3.8, 4) is 0 Å². The minimum absolute atomic E-state index is 0.0637. The Morgan fingerprint density at radius 1 is 1.26 bits per heavy atom. The van der Waals surface area contributed by atoms with Crippen molar-refractivity contribution in [2.75, 3.05) is 13.1 Å². The highest BCUT2D eigenvalue weighted by Crippen LogP contribution is 2.35. The molecule has 1 aromatic carbocycles. The molecule has 146 valence electrons. The summed E-state index contributed by atoms with van der Waals surface area (Å²) >= 11 is 0. The quantitative estimate of drug-likeness (QED) is 0.787. The Morgan fingerprint density at radius 3 is 2.52 bits per heavy atom. The number of alkyl halides is 3. The third-order valence-electron chi connectivity index (χ3n) is 4.87. The van der Waals surface area contributed by atoms with Gasteiger partial charge in [-0.1, -0.05) is 18.2 Å². The van der Waals surface area contributed by atoms with Crippen LogP contribution in [0.5, 0.6) is 0 Å². The zero-order valence-electron chi connectivity index (χ0n) is 14.3. The van der Waals surface area contributed by atoms with Gasteiger partial charge in [0.1, 0.15) is 0 Å². The number of halogens is 3. The van der Waals surface area contributed by atoms with E-state index in [2.05, 4.69) is 5.32 Å². The summed E-state index contributed by atoms with van der Waals surface area (Å²) in [6, 6.07) is 2.39. The van der Waals surface area contributed by atoms with Crippen molar-refractivity contribution in [3.63, 3.8) is 0 Å². The zero-order valence-corrected chi connectivity index (χ0v) is 14.3. The largest absolute Gasteiger partial charge is 0.479 e. The van der Waals surface area contributed by atoms with E-state index in [4.69, 9.17) is 0 Å². The average Bonchev–Trinajstić information content (AvgIpc) is 3.33. The number of rotatable bonds is 6. The molecule has 1 aliphatic carbocycles. The van der Waals surface area contributed by atoms with Crippen LogP contribution in [0.4, 0.5) is 13.2 Å². The number of benzene rings is 1. The summed E-state index contributed by atoms with van der Waals surface area (Å²) in [4.78, 5) is 37.6. The Morgan fingerprint density at radius 2 is 1.93 bits per heavy atom. The van der Waals surface area contributed by atoms with Crippen LogP contribution in [0.3, 0.4) is 0 Å². The van der Waals surface area contributed by atoms with E-state index < -0.39 is 41.1 Å². The van der Waals surface area contributed by atoms with Gasteiger partial charge in [0, 0.05) is 19.5 Å². The molecule has 9 heteroatoms. The molecular formula is C18H19F3N2O4. The summed E-state index contributed by atoms with van der Waals surface area (Å²) in [5, 5.41) is 11.6. The molecule has 1 aromatic rings. The van der Waals surface area contributed by atoms with Crippen LogP contribution in [0.2, 0.25) is 0 Å². The second kappa shape index (κ2) is 7.21. The number of hydrogen-bond acceptors (Lipinski definition) is 3. The van der Waals surface area contributed by atoms with Crippen LogP contribution in [0.15, 0.2) is 24.3 Å². The number of hydrogen-bond donors (Lipinski definition) is 2. The summed E-state index contributed by atoms with van der Waals surface area (Å²) in [5.41, 5.74) is -1.65. The molecule has 0 spiro atoms. The Hall–Kier alpha value is -2.58. The van der Waals surface area contributed by atoms with Crippen LogP contribution < -0.4 is 5.32 Å². The fourth-order valence-corrected chi connectivity index (χ4v) is 3.28. The van der Waals surface area contributed by atoms with Crippen LogP contribution in [0.1, 0.15) is 36.4 Å². The Labute approximate surface area is 153 Å². The molecule has 0 radical (unpaired) electrons. The first-order valence-electron chi connectivity index (χ1n) is 8.64. The van der Waals surface area contributed by atoms with Crippen LogP contribution in [-0.4, -0.2) is 40.9 Å². The number of nitrogens with one attached hydrogen (secondary N) is 1. The minimum Gasteiger partial charge on any atom is -0.479 e. The second-order valence-corrected chi connectivity index (χ2v) is 7.01. The maximum Gasteiger partial charge on any atom is 0.416 e. The van der Waals surface area contributed by atoms with Gasteiger partial charge in [0.15, 0.2) is 6.04 Å². The van der Waals surface area contributed by atoms with Crippen LogP contribution in [0, 0.1) is 11.8 Å². The lowest BCUT2D eigenvalue weighted by Crippen LogP contribution is -2.39. The minimum atomic E-state index is -4.75. The van der Waals surface area contributed by atoms with Crippen molar-refractivity contribution >= 4 is 17.8 Å². The summed E-state index contributed by atoms with van der Waals surface area (Å²) in [6.07, 6.45) is -2.74. The van der Waals surface area contributed by atoms with Crippen LogP contribution in [-0.2, 0) is 20.6 Å². The molecule has 2 amide bonds. The third kappa shape index (κ3) is 4.40. The number of amides is 2. The highest BCUT2D eigenvalue weighted by molar-refractivity contribution is 5.91. The topological polar surface area (TPSA) is 86.7 Å². The van der Waals surface area contributed by atoms with Gasteiger partial charge in [-0.3, -0.25) is 9.59 Å². The lowest BCUT2D eigenvalue weighted by atomic mass is 9.98. The number of carbonyl (C=O) groups excluding carboxylic acids is 2.